The standard InChI is InChI=1S/C15H26N2O2S.2ClH/c1-3-17(4-2)13-8-11-16-12-14-20(18,19)15-9-6-5-7-10-15;;/h5-7,9-10,16H,3-4,8,11-14H2,1-2H3;2*1H. The molecule has 130 valence electrons. The van der Waals surface area contributed by atoms with Gasteiger partial charge >= 0.3 is 0 Å². The summed E-state index contributed by atoms with van der Waals surface area (Å²) < 4.78 is 24.0. The van der Waals surface area contributed by atoms with E-state index in [0.717, 1.165) is 32.6 Å². The molecule has 0 saturated heterocycles. The number of nitrogens with zero attached hydrogens (tertiary/aromatic N) is 1. The lowest BCUT2D eigenvalue weighted by atomic mass is 10.3. The van der Waals surface area contributed by atoms with Crippen molar-refractivity contribution in [3.8, 4) is 0 Å². The minimum absolute atomic E-state index is 0. The highest BCUT2D eigenvalue weighted by atomic mass is 35.5. The van der Waals surface area contributed by atoms with Gasteiger partial charge in [0.25, 0.3) is 0 Å². The molecular weight excluding hydrogens is 343 g/mol. The molecule has 7 heteroatoms. The number of hydrogen-bond acceptors (Lipinski definition) is 4. The number of benzene rings is 1. The molecule has 1 N–H and O–H groups in total. The van der Waals surface area contributed by atoms with Gasteiger partial charge in [0.05, 0.1) is 10.6 Å². The van der Waals surface area contributed by atoms with Gasteiger partial charge in [-0.3, -0.25) is 0 Å². The zero-order valence-corrected chi connectivity index (χ0v) is 15.8. The molecule has 0 radical (unpaired) electrons. The first-order valence-electron chi connectivity index (χ1n) is 7.31. The summed E-state index contributed by atoms with van der Waals surface area (Å²) in [5.74, 6) is 0.155. The van der Waals surface area contributed by atoms with E-state index < -0.39 is 9.84 Å². The van der Waals surface area contributed by atoms with Gasteiger partial charge in [-0.15, -0.1) is 24.8 Å². The summed E-state index contributed by atoms with van der Waals surface area (Å²) in [5.41, 5.74) is 0. The van der Waals surface area contributed by atoms with Crippen LogP contribution in [0, 0.1) is 0 Å². The van der Waals surface area contributed by atoms with Gasteiger partial charge in [-0.25, -0.2) is 8.42 Å². The van der Waals surface area contributed by atoms with Crippen molar-refractivity contribution in [1.29, 1.82) is 0 Å². The van der Waals surface area contributed by atoms with E-state index in [2.05, 4.69) is 24.1 Å². The second kappa shape index (κ2) is 13.1. The summed E-state index contributed by atoms with van der Waals surface area (Å²) in [6, 6.07) is 8.63. The second-order valence-corrected chi connectivity index (χ2v) is 6.87. The van der Waals surface area contributed by atoms with Crippen LogP contribution in [0.3, 0.4) is 0 Å². The van der Waals surface area contributed by atoms with Gasteiger partial charge in [0.1, 0.15) is 0 Å². The minimum atomic E-state index is -3.15. The summed E-state index contributed by atoms with van der Waals surface area (Å²) in [7, 11) is -3.15. The first kappa shape index (κ1) is 23.9. The molecule has 0 heterocycles. The first-order chi connectivity index (χ1) is 9.60. The highest BCUT2D eigenvalue weighted by Crippen LogP contribution is 2.09. The smallest absolute Gasteiger partial charge is 0.179 e. The van der Waals surface area contributed by atoms with E-state index in [1.807, 2.05) is 6.07 Å². The Kier molecular flexibility index (Phi) is 14.3. The third-order valence-electron chi connectivity index (χ3n) is 3.37. The van der Waals surface area contributed by atoms with Crippen molar-refractivity contribution in [1.82, 2.24) is 10.2 Å². The lowest BCUT2D eigenvalue weighted by molar-refractivity contribution is 0.298. The third kappa shape index (κ3) is 8.96. The maximum atomic E-state index is 12.0. The Hall–Kier alpha value is -0.330. The molecule has 0 aliphatic carbocycles. The fourth-order valence-corrected chi connectivity index (χ4v) is 3.27. The molecule has 0 fully saturated rings. The SMILES string of the molecule is CCN(CC)CCCNCCS(=O)(=O)c1ccccc1.Cl.Cl. The fourth-order valence-electron chi connectivity index (χ4n) is 2.04. The lowest BCUT2D eigenvalue weighted by Crippen LogP contribution is -2.29. The molecule has 22 heavy (non-hydrogen) atoms. The van der Waals surface area contributed by atoms with Crippen LogP contribution in [-0.4, -0.2) is 51.8 Å². The molecule has 1 rings (SSSR count). The van der Waals surface area contributed by atoms with Crippen LogP contribution in [0.2, 0.25) is 0 Å². The number of hydrogen-bond donors (Lipinski definition) is 1. The van der Waals surface area contributed by atoms with Gasteiger partial charge in [0.15, 0.2) is 9.84 Å². The predicted molar refractivity (Wildman–Crippen MR) is 98.3 cm³/mol. The number of halogens is 2. The third-order valence-corrected chi connectivity index (χ3v) is 5.10. The molecule has 4 nitrogen and oxygen atoms in total. The number of rotatable bonds is 10. The molecule has 0 atom stereocenters. The van der Waals surface area contributed by atoms with E-state index in [-0.39, 0.29) is 30.6 Å². The normalized spacial score (nSPS) is 10.9. The lowest BCUT2D eigenvalue weighted by Gasteiger charge is -2.17. The van der Waals surface area contributed by atoms with Gasteiger partial charge < -0.3 is 10.2 Å². The van der Waals surface area contributed by atoms with E-state index in [1.165, 1.54) is 0 Å². The minimum Gasteiger partial charge on any atom is -0.316 e. The summed E-state index contributed by atoms with van der Waals surface area (Å²) >= 11 is 0. The molecule has 1 aromatic rings. The highest BCUT2D eigenvalue weighted by molar-refractivity contribution is 7.91. The van der Waals surface area contributed by atoms with E-state index in [9.17, 15) is 8.42 Å². The Labute approximate surface area is 147 Å². The molecule has 0 spiro atoms. The van der Waals surface area contributed by atoms with E-state index in [4.69, 9.17) is 0 Å². The predicted octanol–water partition coefficient (Wildman–Crippen LogP) is 2.63. The highest BCUT2D eigenvalue weighted by Gasteiger charge is 2.12. The van der Waals surface area contributed by atoms with E-state index in [0.29, 0.717) is 11.4 Å². The van der Waals surface area contributed by atoms with Crippen LogP contribution in [0.4, 0.5) is 0 Å². The van der Waals surface area contributed by atoms with Crippen LogP contribution in [0.1, 0.15) is 20.3 Å². The van der Waals surface area contributed by atoms with Gasteiger partial charge in [0, 0.05) is 6.54 Å². The van der Waals surface area contributed by atoms with Crippen LogP contribution in [-0.2, 0) is 9.84 Å². The summed E-state index contributed by atoms with van der Waals surface area (Å²) in [6.07, 6.45) is 1.05. The Bertz CT molecular complexity index is 466. The van der Waals surface area contributed by atoms with Crippen molar-refractivity contribution >= 4 is 34.7 Å². The maximum absolute atomic E-state index is 12.0. The average Bonchev–Trinajstić information content (AvgIpc) is 2.47. The fraction of sp³-hybridized carbons (Fsp3) is 0.600. The summed E-state index contributed by atoms with van der Waals surface area (Å²) in [5, 5.41) is 3.21. The molecule has 0 unspecified atom stereocenters. The van der Waals surface area contributed by atoms with Gasteiger partial charge in [-0.05, 0) is 44.7 Å². The van der Waals surface area contributed by atoms with Crippen molar-refractivity contribution in [2.45, 2.75) is 25.2 Å². The van der Waals surface area contributed by atoms with Crippen molar-refractivity contribution in [3.05, 3.63) is 30.3 Å². The molecule has 0 saturated carbocycles. The summed E-state index contributed by atoms with van der Waals surface area (Å²) in [4.78, 5) is 2.77. The molecule has 0 amide bonds. The molecule has 0 aliphatic rings. The van der Waals surface area contributed by atoms with Crippen LogP contribution in [0.15, 0.2) is 35.2 Å². The molecule has 1 aromatic carbocycles. The van der Waals surface area contributed by atoms with Crippen molar-refractivity contribution in [2.75, 3.05) is 38.5 Å². The van der Waals surface area contributed by atoms with E-state index >= 15 is 0 Å². The zero-order valence-electron chi connectivity index (χ0n) is 13.3. The average molecular weight is 371 g/mol. The van der Waals surface area contributed by atoms with Crippen molar-refractivity contribution in [2.24, 2.45) is 0 Å². The second-order valence-electron chi connectivity index (χ2n) is 4.76. The number of sulfone groups is 1. The maximum Gasteiger partial charge on any atom is 0.179 e. The molecule has 0 aliphatic heterocycles. The van der Waals surface area contributed by atoms with Gasteiger partial charge in [-0.1, -0.05) is 32.0 Å². The van der Waals surface area contributed by atoms with Gasteiger partial charge in [-0.2, -0.15) is 0 Å². The monoisotopic (exact) mass is 370 g/mol. The van der Waals surface area contributed by atoms with Crippen LogP contribution >= 0.6 is 24.8 Å². The Morgan fingerprint density at radius 1 is 1.00 bits per heavy atom. The molecular formula is C15H28Cl2N2O2S. The topological polar surface area (TPSA) is 49.4 Å². The van der Waals surface area contributed by atoms with Crippen molar-refractivity contribution in [3.63, 3.8) is 0 Å². The van der Waals surface area contributed by atoms with Crippen LogP contribution in [0.25, 0.3) is 0 Å². The van der Waals surface area contributed by atoms with Crippen LogP contribution in [0.5, 0.6) is 0 Å². The molecule has 0 aromatic heterocycles. The van der Waals surface area contributed by atoms with Crippen LogP contribution < -0.4 is 5.32 Å². The number of nitrogens with one attached hydrogen (secondary N) is 1. The Balaban J connectivity index is 0. The molecule has 0 bridgehead atoms. The summed E-state index contributed by atoms with van der Waals surface area (Å²) in [6.45, 7) is 8.88. The Morgan fingerprint density at radius 3 is 2.14 bits per heavy atom. The zero-order chi connectivity index (χ0) is 14.8. The van der Waals surface area contributed by atoms with Gasteiger partial charge in [0.2, 0.25) is 0 Å². The largest absolute Gasteiger partial charge is 0.316 e. The van der Waals surface area contributed by atoms with Crippen molar-refractivity contribution < 1.29 is 8.42 Å². The quantitative estimate of drug-likeness (QED) is 0.643. The first-order valence-corrected chi connectivity index (χ1v) is 8.96. The van der Waals surface area contributed by atoms with E-state index in [1.54, 1.807) is 24.3 Å². The Morgan fingerprint density at radius 2 is 1.59 bits per heavy atom.